The predicted molar refractivity (Wildman–Crippen MR) is 122 cm³/mol. The van der Waals surface area contributed by atoms with Gasteiger partial charge in [0.1, 0.15) is 0 Å². The Morgan fingerprint density at radius 2 is 1.66 bits per heavy atom. The van der Waals surface area contributed by atoms with Crippen LogP contribution >= 0.6 is 11.6 Å². The van der Waals surface area contributed by atoms with Gasteiger partial charge in [-0.15, -0.1) is 0 Å². The molecule has 0 spiro atoms. The molecule has 0 aliphatic carbocycles. The maximum absolute atomic E-state index is 13.0. The van der Waals surface area contributed by atoms with Gasteiger partial charge >= 0.3 is 6.09 Å². The number of carbonyl (C=O) groups excluding carboxylic acids is 2. The van der Waals surface area contributed by atoms with Gasteiger partial charge < -0.3 is 19.9 Å². The molecular formula is C22H26ClN3O5S. The van der Waals surface area contributed by atoms with Crippen LogP contribution in [0.1, 0.15) is 12.5 Å². The molecule has 2 amide bonds. The van der Waals surface area contributed by atoms with E-state index in [1.54, 1.807) is 53.1 Å². The number of benzene rings is 2. The number of hydrogen-bond donors (Lipinski definition) is 1. The Morgan fingerprint density at radius 1 is 1.03 bits per heavy atom. The fraction of sp³-hybridized carbons (Fsp3) is 0.364. The van der Waals surface area contributed by atoms with Crippen LogP contribution < -0.4 is 5.32 Å². The minimum Gasteiger partial charge on any atom is -0.450 e. The number of aryl methyl sites for hydroxylation is 1. The van der Waals surface area contributed by atoms with E-state index in [9.17, 15) is 18.0 Å². The molecular weight excluding hydrogens is 454 g/mol. The van der Waals surface area contributed by atoms with Crippen molar-refractivity contribution in [1.82, 2.24) is 9.80 Å². The topological polar surface area (TPSA) is 96.0 Å². The summed E-state index contributed by atoms with van der Waals surface area (Å²) in [5.41, 5.74) is 1.31. The van der Waals surface area contributed by atoms with Crippen molar-refractivity contribution in [2.45, 2.75) is 23.6 Å². The fourth-order valence-corrected chi connectivity index (χ4v) is 5.18. The number of hydrogen-bond acceptors (Lipinski definition) is 6. The van der Waals surface area contributed by atoms with E-state index in [2.05, 4.69) is 5.32 Å². The van der Waals surface area contributed by atoms with Gasteiger partial charge in [0.05, 0.1) is 33.7 Å². The molecule has 0 saturated carbocycles. The Labute approximate surface area is 193 Å². The van der Waals surface area contributed by atoms with Gasteiger partial charge in [-0.2, -0.15) is 0 Å². The number of halogens is 1. The first kappa shape index (κ1) is 23.9. The molecule has 0 atom stereocenters. The summed E-state index contributed by atoms with van der Waals surface area (Å²) in [6.07, 6.45) is -0.379. The molecule has 8 nitrogen and oxygen atoms in total. The second kappa shape index (κ2) is 10.2. The first-order valence-electron chi connectivity index (χ1n) is 10.3. The molecule has 3 rings (SSSR count). The second-order valence-electron chi connectivity index (χ2n) is 7.35. The van der Waals surface area contributed by atoms with Crippen molar-refractivity contribution >= 4 is 39.1 Å². The summed E-state index contributed by atoms with van der Waals surface area (Å²) >= 11 is 6.40. The highest BCUT2D eigenvalue weighted by Gasteiger charge is 2.26. The van der Waals surface area contributed by atoms with Gasteiger partial charge in [0.25, 0.3) is 0 Å². The van der Waals surface area contributed by atoms with E-state index in [0.29, 0.717) is 38.5 Å². The largest absolute Gasteiger partial charge is 0.450 e. The van der Waals surface area contributed by atoms with Crippen LogP contribution in [0.2, 0.25) is 5.02 Å². The lowest BCUT2D eigenvalue weighted by Gasteiger charge is -2.34. The third kappa shape index (κ3) is 5.34. The van der Waals surface area contributed by atoms with E-state index in [0.717, 1.165) is 5.56 Å². The van der Waals surface area contributed by atoms with Gasteiger partial charge in [-0.3, -0.25) is 4.79 Å². The van der Waals surface area contributed by atoms with E-state index >= 15 is 0 Å². The van der Waals surface area contributed by atoms with Crippen molar-refractivity contribution in [2.24, 2.45) is 0 Å². The van der Waals surface area contributed by atoms with E-state index in [-0.39, 0.29) is 33.4 Å². The first-order valence-corrected chi connectivity index (χ1v) is 12.1. The average Bonchev–Trinajstić information content (AvgIpc) is 2.78. The summed E-state index contributed by atoms with van der Waals surface area (Å²) < 4.78 is 31.0. The fourth-order valence-electron chi connectivity index (χ4n) is 3.34. The lowest BCUT2D eigenvalue weighted by molar-refractivity contribution is -0.130. The second-order valence-corrected chi connectivity index (χ2v) is 9.65. The maximum atomic E-state index is 13.0. The molecule has 1 N–H and O–H groups in total. The number of nitrogens with zero attached hydrogens (tertiary/aromatic N) is 2. The Balaban J connectivity index is 1.65. The summed E-state index contributed by atoms with van der Waals surface area (Å²) in [6, 6.07) is 11.2. The maximum Gasteiger partial charge on any atom is 0.409 e. The monoisotopic (exact) mass is 479 g/mol. The molecule has 1 aliphatic rings. The van der Waals surface area contributed by atoms with Crippen LogP contribution in [0.25, 0.3) is 0 Å². The van der Waals surface area contributed by atoms with Gasteiger partial charge in [-0.25, -0.2) is 13.2 Å². The summed E-state index contributed by atoms with van der Waals surface area (Å²) in [6.45, 7) is 5.47. The van der Waals surface area contributed by atoms with Crippen LogP contribution in [0.15, 0.2) is 52.3 Å². The molecule has 1 heterocycles. The number of rotatable bonds is 6. The standard InChI is InChI=1S/C22H26ClN3O5S/c1-3-31-22(28)26-13-11-25(12-14-26)20(27)15-24-18-5-4-6-19(21(18)23)32(29,30)17-9-7-16(2)8-10-17/h4-10,24H,3,11-15H2,1-2H3. The Kier molecular flexibility index (Phi) is 7.63. The van der Waals surface area contributed by atoms with Crippen molar-refractivity contribution in [3.05, 3.63) is 53.1 Å². The van der Waals surface area contributed by atoms with E-state index in [1.165, 1.54) is 6.07 Å². The zero-order chi connectivity index (χ0) is 23.3. The molecule has 10 heteroatoms. The van der Waals surface area contributed by atoms with Gasteiger partial charge in [-0.1, -0.05) is 35.4 Å². The lowest BCUT2D eigenvalue weighted by atomic mass is 10.2. The Morgan fingerprint density at radius 3 is 2.28 bits per heavy atom. The number of carbonyl (C=O) groups is 2. The van der Waals surface area contributed by atoms with E-state index in [1.807, 2.05) is 6.92 Å². The third-order valence-electron chi connectivity index (χ3n) is 5.17. The van der Waals surface area contributed by atoms with Gasteiger partial charge in [-0.05, 0) is 38.1 Å². The minimum absolute atomic E-state index is 0.0245. The molecule has 1 fully saturated rings. The number of anilines is 1. The van der Waals surface area contributed by atoms with Crippen LogP contribution in [0.3, 0.4) is 0 Å². The van der Waals surface area contributed by atoms with Crippen LogP contribution in [0, 0.1) is 6.92 Å². The highest BCUT2D eigenvalue weighted by atomic mass is 35.5. The number of sulfone groups is 1. The number of ether oxygens (including phenoxy) is 1. The van der Waals surface area contributed by atoms with Crippen LogP contribution in [0.5, 0.6) is 0 Å². The first-order chi connectivity index (χ1) is 15.2. The molecule has 0 radical (unpaired) electrons. The van der Waals surface area contributed by atoms with Crippen molar-refractivity contribution in [3.63, 3.8) is 0 Å². The molecule has 0 unspecified atom stereocenters. The smallest absolute Gasteiger partial charge is 0.409 e. The van der Waals surface area contributed by atoms with Crippen LogP contribution in [0.4, 0.5) is 10.5 Å². The van der Waals surface area contributed by atoms with Crippen LogP contribution in [-0.4, -0.2) is 69.5 Å². The highest BCUT2D eigenvalue weighted by Crippen LogP contribution is 2.33. The quantitative estimate of drug-likeness (QED) is 0.683. The summed E-state index contributed by atoms with van der Waals surface area (Å²) in [7, 11) is -3.80. The van der Waals surface area contributed by atoms with Crippen LogP contribution in [-0.2, 0) is 19.4 Å². The molecule has 1 saturated heterocycles. The van der Waals surface area contributed by atoms with Crippen molar-refractivity contribution in [3.8, 4) is 0 Å². The molecule has 2 aromatic rings. The van der Waals surface area contributed by atoms with Gasteiger partial charge in [0, 0.05) is 26.2 Å². The van der Waals surface area contributed by atoms with E-state index < -0.39 is 9.84 Å². The van der Waals surface area contributed by atoms with Crippen molar-refractivity contribution in [1.29, 1.82) is 0 Å². The SMILES string of the molecule is CCOC(=O)N1CCN(C(=O)CNc2cccc(S(=O)(=O)c3ccc(C)cc3)c2Cl)CC1. The number of piperazine rings is 1. The Bertz CT molecular complexity index is 1080. The zero-order valence-corrected chi connectivity index (χ0v) is 19.6. The molecule has 172 valence electrons. The molecule has 2 aromatic carbocycles. The zero-order valence-electron chi connectivity index (χ0n) is 18.0. The highest BCUT2D eigenvalue weighted by molar-refractivity contribution is 7.91. The minimum atomic E-state index is -3.80. The average molecular weight is 480 g/mol. The van der Waals surface area contributed by atoms with Crippen molar-refractivity contribution < 1.29 is 22.7 Å². The summed E-state index contributed by atoms with van der Waals surface area (Å²) in [5.74, 6) is -0.170. The van der Waals surface area contributed by atoms with E-state index in [4.69, 9.17) is 16.3 Å². The predicted octanol–water partition coefficient (Wildman–Crippen LogP) is 3.19. The molecule has 0 bridgehead atoms. The lowest BCUT2D eigenvalue weighted by Crippen LogP contribution is -2.51. The normalized spacial score (nSPS) is 14.2. The van der Waals surface area contributed by atoms with Gasteiger partial charge in [0.15, 0.2) is 0 Å². The van der Waals surface area contributed by atoms with Crippen molar-refractivity contribution in [2.75, 3.05) is 44.6 Å². The Hall–Kier alpha value is -2.78. The molecule has 0 aromatic heterocycles. The molecule has 32 heavy (non-hydrogen) atoms. The summed E-state index contributed by atoms with van der Waals surface area (Å²) in [5, 5.41) is 2.98. The number of nitrogens with one attached hydrogen (secondary N) is 1. The molecule has 1 aliphatic heterocycles. The summed E-state index contributed by atoms with van der Waals surface area (Å²) in [4.78, 5) is 27.7. The van der Waals surface area contributed by atoms with Gasteiger partial charge in [0.2, 0.25) is 15.7 Å². The third-order valence-corrected chi connectivity index (χ3v) is 7.50. The number of amides is 2.